The fourth-order valence-electron chi connectivity index (χ4n) is 4.03. The molecule has 0 unspecified atom stereocenters. The third kappa shape index (κ3) is 3.53. The van der Waals surface area contributed by atoms with Gasteiger partial charge in [0.05, 0.1) is 16.8 Å². The molecule has 0 atom stereocenters. The Hall–Kier alpha value is -4.06. The van der Waals surface area contributed by atoms with Crippen molar-refractivity contribution in [3.8, 4) is 11.3 Å². The lowest BCUT2D eigenvalue weighted by atomic mass is 10.0. The van der Waals surface area contributed by atoms with Crippen molar-refractivity contribution in [2.45, 2.75) is 13.3 Å². The maximum Gasteiger partial charge on any atom is 0.256 e. The number of rotatable bonds is 3. The number of carbonyl (C=O) groups excluding carboxylic acids is 2. The minimum absolute atomic E-state index is 0.0294. The molecule has 152 valence electrons. The summed E-state index contributed by atoms with van der Waals surface area (Å²) in [7, 11) is 0. The van der Waals surface area contributed by atoms with Crippen LogP contribution in [0.1, 0.15) is 22.8 Å². The number of para-hydroxylation sites is 1. The Morgan fingerprint density at radius 1 is 1.03 bits per heavy atom. The molecule has 2 aromatic heterocycles. The molecule has 1 aliphatic rings. The molecule has 1 aliphatic heterocycles. The number of fused-ring (bicyclic) bond motifs is 2. The first-order chi connectivity index (χ1) is 15.1. The third-order valence-corrected chi connectivity index (χ3v) is 5.53. The van der Waals surface area contributed by atoms with Crippen molar-refractivity contribution in [1.82, 2.24) is 9.97 Å². The largest absolute Gasteiger partial charge is 0.322 e. The normalized spacial score (nSPS) is 12.6. The molecule has 2 aromatic carbocycles. The summed E-state index contributed by atoms with van der Waals surface area (Å²) >= 11 is 0. The van der Waals surface area contributed by atoms with E-state index in [0.717, 1.165) is 34.1 Å². The topological polar surface area (TPSA) is 75.2 Å². The van der Waals surface area contributed by atoms with Gasteiger partial charge in [-0.25, -0.2) is 4.98 Å². The molecule has 31 heavy (non-hydrogen) atoms. The van der Waals surface area contributed by atoms with Crippen LogP contribution in [-0.4, -0.2) is 28.3 Å². The van der Waals surface area contributed by atoms with Crippen LogP contribution in [0.5, 0.6) is 0 Å². The molecule has 6 heteroatoms. The number of amides is 2. The van der Waals surface area contributed by atoms with E-state index in [9.17, 15) is 9.59 Å². The van der Waals surface area contributed by atoms with Gasteiger partial charge < -0.3 is 10.2 Å². The van der Waals surface area contributed by atoms with E-state index in [-0.39, 0.29) is 11.8 Å². The van der Waals surface area contributed by atoms with E-state index < -0.39 is 0 Å². The van der Waals surface area contributed by atoms with E-state index in [1.54, 1.807) is 30.3 Å². The monoisotopic (exact) mass is 408 g/mol. The van der Waals surface area contributed by atoms with Crippen LogP contribution in [0.15, 0.2) is 73.1 Å². The van der Waals surface area contributed by atoms with E-state index >= 15 is 0 Å². The average Bonchev–Trinajstić information content (AvgIpc) is 3.22. The molecule has 2 amide bonds. The van der Waals surface area contributed by atoms with Crippen LogP contribution in [-0.2, 0) is 11.2 Å². The van der Waals surface area contributed by atoms with Crippen molar-refractivity contribution in [2.75, 3.05) is 16.8 Å². The molecule has 0 aliphatic carbocycles. The summed E-state index contributed by atoms with van der Waals surface area (Å²) in [5.74, 6) is -0.174. The summed E-state index contributed by atoms with van der Waals surface area (Å²) in [5.41, 5.74) is 5.53. The van der Waals surface area contributed by atoms with E-state index in [1.807, 2.05) is 54.6 Å². The quantitative estimate of drug-likeness (QED) is 0.543. The predicted molar refractivity (Wildman–Crippen MR) is 121 cm³/mol. The number of nitrogens with zero attached hydrogens (tertiary/aromatic N) is 3. The molecule has 6 nitrogen and oxygen atoms in total. The SMILES string of the molecule is CC(=O)N1CCc2cc(NC(=O)c3cc(-c4cccnc4)nc4ccccc34)ccc21. The third-order valence-electron chi connectivity index (χ3n) is 5.53. The molecular weight excluding hydrogens is 388 g/mol. The van der Waals surface area contributed by atoms with Gasteiger partial charge in [-0.15, -0.1) is 0 Å². The molecular formula is C25H20N4O2. The van der Waals surface area contributed by atoms with E-state index in [2.05, 4.69) is 10.3 Å². The maximum absolute atomic E-state index is 13.3. The Kier molecular flexibility index (Phi) is 4.67. The Morgan fingerprint density at radius 2 is 1.90 bits per heavy atom. The number of nitrogens with one attached hydrogen (secondary N) is 1. The number of benzene rings is 2. The molecule has 5 rings (SSSR count). The van der Waals surface area contributed by atoms with Gasteiger partial charge in [0.2, 0.25) is 5.91 Å². The lowest BCUT2D eigenvalue weighted by Gasteiger charge is -2.15. The number of pyridine rings is 2. The van der Waals surface area contributed by atoms with Crippen LogP contribution in [0, 0.1) is 0 Å². The van der Waals surface area contributed by atoms with Gasteiger partial charge in [0.15, 0.2) is 0 Å². The summed E-state index contributed by atoms with van der Waals surface area (Å²) in [6.07, 6.45) is 4.22. The molecule has 3 heterocycles. The summed E-state index contributed by atoms with van der Waals surface area (Å²) in [6.45, 7) is 2.24. The average molecular weight is 408 g/mol. The first kappa shape index (κ1) is 18.9. The zero-order chi connectivity index (χ0) is 21.4. The zero-order valence-electron chi connectivity index (χ0n) is 17.0. The molecule has 0 radical (unpaired) electrons. The summed E-state index contributed by atoms with van der Waals surface area (Å²) < 4.78 is 0. The second kappa shape index (κ2) is 7.65. The minimum atomic E-state index is -0.204. The fraction of sp³-hybridized carbons (Fsp3) is 0.120. The van der Waals surface area contributed by atoms with Crippen molar-refractivity contribution in [3.05, 3.63) is 84.2 Å². The lowest BCUT2D eigenvalue weighted by molar-refractivity contribution is -0.116. The predicted octanol–water partition coefficient (Wildman–Crippen LogP) is 4.46. The van der Waals surface area contributed by atoms with Crippen LogP contribution < -0.4 is 10.2 Å². The zero-order valence-corrected chi connectivity index (χ0v) is 17.0. The van der Waals surface area contributed by atoms with Gasteiger partial charge in [-0.05, 0) is 54.4 Å². The fourth-order valence-corrected chi connectivity index (χ4v) is 4.03. The number of anilines is 2. The highest BCUT2D eigenvalue weighted by molar-refractivity contribution is 6.13. The molecule has 1 N–H and O–H groups in total. The van der Waals surface area contributed by atoms with Gasteiger partial charge in [0.25, 0.3) is 5.91 Å². The Bertz CT molecular complexity index is 1320. The Balaban J connectivity index is 1.51. The summed E-state index contributed by atoms with van der Waals surface area (Å²) in [6, 6.07) is 18.9. The highest BCUT2D eigenvalue weighted by atomic mass is 16.2. The van der Waals surface area contributed by atoms with Gasteiger partial charge in [0, 0.05) is 48.2 Å². The van der Waals surface area contributed by atoms with Gasteiger partial charge in [-0.1, -0.05) is 18.2 Å². The van der Waals surface area contributed by atoms with Crippen molar-refractivity contribution < 1.29 is 9.59 Å². The number of aromatic nitrogens is 2. The van der Waals surface area contributed by atoms with Crippen LogP contribution in [0.25, 0.3) is 22.2 Å². The van der Waals surface area contributed by atoms with E-state index in [1.165, 1.54) is 0 Å². The first-order valence-corrected chi connectivity index (χ1v) is 10.1. The second-order valence-corrected chi connectivity index (χ2v) is 7.53. The van der Waals surface area contributed by atoms with Crippen LogP contribution >= 0.6 is 0 Å². The van der Waals surface area contributed by atoms with Crippen molar-refractivity contribution in [3.63, 3.8) is 0 Å². The van der Waals surface area contributed by atoms with E-state index in [4.69, 9.17) is 4.98 Å². The highest BCUT2D eigenvalue weighted by Gasteiger charge is 2.22. The van der Waals surface area contributed by atoms with Crippen molar-refractivity contribution in [1.29, 1.82) is 0 Å². The van der Waals surface area contributed by atoms with Crippen molar-refractivity contribution in [2.24, 2.45) is 0 Å². The standard InChI is InChI=1S/C25H20N4O2/c1-16(30)29-12-10-17-13-19(8-9-24(17)29)27-25(31)21-14-23(18-5-4-11-26-15-18)28-22-7-3-2-6-20(21)22/h2-9,11,13-15H,10,12H2,1H3,(H,27,31). The molecule has 4 aromatic rings. The lowest BCUT2D eigenvalue weighted by Crippen LogP contribution is -2.25. The highest BCUT2D eigenvalue weighted by Crippen LogP contribution is 2.31. The number of carbonyl (C=O) groups is 2. The van der Waals surface area contributed by atoms with Gasteiger partial charge in [-0.3, -0.25) is 14.6 Å². The van der Waals surface area contributed by atoms with Crippen LogP contribution in [0.2, 0.25) is 0 Å². The van der Waals surface area contributed by atoms with Gasteiger partial charge in [-0.2, -0.15) is 0 Å². The molecule has 0 bridgehead atoms. The number of hydrogen-bond acceptors (Lipinski definition) is 4. The first-order valence-electron chi connectivity index (χ1n) is 10.1. The summed E-state index contributed by atoms with van der Waals surface area (Å²) in [4.78, 5) is 35.7. The smallest absolute Gasteiger partial charge is 0.256 e. The second-order valence-electron chi connectivity index (χ2n) is 7.53. The molecule has 0 saturated heterocycles. The maximum atomic E-state index is 13.3. The molecule has 0 spiro atoms. The van der Waals surface area contributed by atoms with Crippen molar-refractivity contribution >= 4 is 34.1 Å². The van der Waals surface area contributed by atoms with Crippen LogP contribution in [0.4, 0.5) is 11.4 Å². The van der Waals surface area contributed by atoms with Gasteiger partial charge in [0.1, 0.15) is 0 Å². The Labute approximate surface area is 179 Å². The molecule has 0 fully saturated rings. The van der Waals surface area contributed by atoms with Crippen LogP contribution in [0.3, 0.4) is 0 Å². The molecule has 0 saturated carbocycles. The minimum Gasteiger partial charge on any atom is -0.322 e. The summed E-state index contributed by atoms with van der Waals surface area (Å²) in [5, 5.41) is 3.81. The van der Waals surface area contributed by atoms with E-state index in [0.29, 0.717) is 23.5 Å². The van der Waals surface area contributed by atoms with Gasteiger partial charge >= 0.3 is 0 Å². The number of hydrogen-bond donors (Lipinski definition) is 1. The Morgan fingerprint density at radius 3 is 2.71 bits per heavy atom.